The van der Waals surface area contributed by atoms with Crippen molar-refractivity contribution in [3.8, 4) is 0 Å². The van der Waals surface area contributed by atoms with Gasteiger partial charge in [0.05, 0.1) is 0 Å². The van der Waals surface area contributed by atoms with Crippen molar-refractivity contribution < 1.29 is 18.8 Å². The third kappa shape index (κ3) is 5.40. The van der Waals surface area contributed by atoms with E-state index in [1.54, 1.807) is 0 Å². The number of thioether (sulfide) groups is 1. The first kappa shape index (κ1) is 9.53. The summed E-state index contributed by atoms with van der Waals surface area (Å²) in [6.45, 7) is -2.84. The van der Waals surface area contributed by atoms with Crippen LogP contribution in [0.4, 0.5) is 0 Å². The molecule has 17 heavy (non-hydrogen) atoms. The van der Waals surface area contributed by atoms with Crippen molar-refractivity contribution in [3.05, 3.63) is 35.9 Å². The normalized spacial score (nSPS) is 15.2. The van der Waals surface area contributed by atoms with Crippen LogP contribution in [0.25, 0.3) is 0 Å². The zero-order chi connectivity index (χ0) is 15.2. The van der Waals surface area contributed by atoms with Crippen molar-refractivity contribution in [1.29, 1.82) is 0 Å². The molecule has 0 saturated heterocycles. The summed E-state index contributed by atoms with van der Waals surface area (Å²) in [7, 11) is 0. The molecule has 0 fully saturated rings. The van der Waals surface area contributed by atoms with Gasteiger partial charge in [-0.2, -0.15) is 11.8 Å². The molecule has 1 unspecified atom stereocenters. The maximum Gasteiger partial charge on any atom is 0.327 e. The number of carboxylic acid groups (broad SMARTS) is 1. The van der Waals surface area contributed by atoms with Crippen molar-refractivity contribution >= 4 is 23.6 Å². The summed E-state index contributed by atoms with van der Waals surface area (Å²) in [6.07, 6.45) is 0. The molecule has 1 aromatic rings. The molecule has 5 heteroatoms. The Hall–Kier alpha value is -1.49. The van der Waals surface area contributed by atoms with Gasteiger partial charge in [-0.1, -0.05) is 30.3 Å². The molecule has 0 aliphatic rings. The highest BCUT2D eigenvalue weighted by atomic mass is 32.2. The van der Waals surface area contributed by atoms with Gasteiger partial charge in [0, 0.05) is 22.5 Å². The zero-order valence-corrected chi connectivity index (χ0v) is 9.87. The number of amides is 1. The van der Waals surface area contributed by atoms with Gasteiger partial charge in [0.25, 0.3) is 0 Å². The molecular weight excluding hydrogens is 238 g/mol. The van der Waals surface area contributed by atoms with Gasteiger partial charge in [-0.05, 0) is 5.56 Å². The predicted octanol–water partition coefficient (Wildman–Crippen LogP) is 1.51. The van der Waals surface area contributed by atoms with E-state index in [9.17, 15) is 9.59 Å². The van der Waals surface area contributed by atoms with E-state index in [4.69, 9.17) is 9.22 Å². The third-order valence-corrected chi connectivity index (χ3v) is 3.11. The summed E-state index contributed by atoms with van der Waals surface area (Å²) in [5.74, 6) is -1.80. The first-order chi connectivity index (χ1) is 9.30. The molecule has 92 valence electrons. The lowest BCUT2D eigenvalue weighted by Gasteiger charge is -2.12. The highest BCUT2D eigenvalue weighted by Gasteiger charge is 2.17. The van der Waals surface area contributed by atoms with Crippen LogP contribution in [0, 0.1) is 0 Å². The first-order valence-corrected chi connectivity index (χ1v) is 6.11. The van der Waals surface area contributed by atoms with Crippen LogP contribution in [0.15, 0.2) is 30.3 Å². The molecule has 0 aromatic heterocycles. The number of carboxylic acids is 1. The standard InChI is InChI=1S/C12H15NO3S/c1-9(14)13-11(12(15)16)8-17-7-10-5-3-2-4-6-10/h2-6,11H,7-8H2,1H3,(H,13,14)(H,15,16)/i1D3. The second-order valence-electron chi connectivity index (χ2n) is 3.37. The highest BCUT2D eigenvalue weighted by molar-refractivity contribution is 7.98. The van der Waals surface area contributed by atoms with Gasteiger partial charge >= 0.3 is 5.97 Å². The number of hydrogen-bond donors (Lipinski definition) is 2. The highest BCUT2D eigenvalue weighted by Crippen LogP contribution is 2.12. The maximum absolute atomic E-state index is 11.3. The fourth-order valence-electron chi connectivity index (χ4n) is 1.20. The summed E-state index contributed by atoms with van der Waals surface area (Å²) >= 11 is 1.32. The number of carbonyl (C=O) groups excluding carboxylic acids is 1. The maximum atomic E-state index is 11.3. The van der Waals surface area contributed by atoms with Crippen LogP contribution < -0.4 is 5.32 Å². The Labute approximate surface area is 109 Å². The number of hydrogen-bond acceptors (Lipinski definition) is 3. The van der Waals surface area contributed by atoms with E-state index >= 15 is 0 Å². The summed E-state index contributed by atoms with van der Waals surface area (Å²) in [4.78, 5) is 22.3. The Morgan fingerprint density at radius 3 is 2.76 bits per heavy atom. The molecule has 0 radical (unpaired) electrons. The number of aliphatic carboxylic acids is 1. The Balaban J connectivity index is 2.48. The van der Waals surface area contributed by atoms with E-state index in [1.807, 2.05) is 35.6 Å². The van der Waals surface area contributed by atoms with Crippen molar-refractivity contribution in [2.45, 2.75) is 18.6 Å². The molecular formula is C12H15NO3S. The van der Waals surface area contributed by atoms with Crippen LogP contribution in [-0.4, -0.2) is 28.8 Å². The number of nitrogens with one attached hydrogen (secondary N) is 1. The van der Waals surface area contributed by atoms with E-state index in [0.717, 1.165) is 5.56 Å². The van der Waals surface area contributed by atoms with Gasteiger partial charge in [-0.25, -0.2) is 4.79 Å². The number of benzene rings is 1. The van der Waals surface area contributed by atoms with Crippen LogP contribution in [0.2, 0.25) is 0 Å². The molecule has 1 amide bonds. The smallest absolute Gasteiger partial charge is 0.327 e. The molecule has 4 nitrogen and oxygen atoms in total. The molecule has 0 heterocycles. The average Bonchev–Trinajstić information content (AvgIpc) is 2.37. The summed E-state index contributed by atoms with van der Waals surface area (Å²) in [5, 5.41) is 11.0. The Morgan fingerprint density at radius 1 is 1.47 bits per heavy atom. The molecule has 0 saturated carbocycles. The van der Waals surface area contributed by atoms with E-state index < -0.39 is 24.8 Å². The molecule has 1 rings (SSSR count). The predicted molar refractivity (Wildman–Crippen MR) is 67.8 cm³/mol. The van der Waals surface area contributed by atoms with Crippen molar-refractivity contribution in [3.63, 3.8) is 0 Å². The summed E-state index contributed by atoms with van der Waals surface area (Å²) in [5.41, 5.74) is 1.03. The first-order valence-electron chi connectivity index (χ1n) is 6.46. The molecule has 1 aromatic carbocycles. The fourth-order valence-corrected chi connectivity index (χ4v) is 2.21. The Kier molecular flexibility index (Phi) is 3.90. The quantitative estimate of drug-likeness (QED) is 0.809. The molecule has 0 bridgehead atoms. The Bertz CT molecular complexity index is 465. The topological polar surface area (TPSA) is 66.4 Å². The largest absolute Gasteiger partial charge is 0.480 e. The lowest BCUT2D eigenvalue weighted by atomic mass is 10.2. The molecule has 0 aliphatic carbocycles. The van der Waals surface area contributed by atoms with Crippen LogP contribution in [0.5, 0.6) is 0 Å². The summed E-state index contributed by atoms with van der Waals surface area (Å²) in [6, 6.07) is 8.23. The molecule has 0 spiro atoms. The fraction of sp³-hybridized carbons (Fsp3) is 0.333. The summed E-state index contributed by atoms with van der Waals surface area (Å²) < 4.78 is 20.7. The van der Waals surface area contributed by atoms with Crippen LogP contribution in [-0.2, 0) is 15.3 Å². The number of rotatable bonds is 6. The van der Waals surface area contributed by atoms with Gasteiger partial charge in [0.2, 0.25) is 5.91 Å². The van der Waals surface area contributed by atoms with E-state index in [2.05, 4.69) is 0 Å². The minimum Gasteiger partial charge on any atom is -0.480 e. The monoisotopic (exact) mass is 256 g/mol. The van der Waals surface area contributed by atoms with Crippen LogP contribution in [0.1, 0.15) is 16.5 Å². The van der Waals surface area contributed by atoms with Crippen molar-refractivity contribution in [1.82, 2.24) is 5.32 Å². The van der Waals surface area contributed by atoms with Gasteiger partial charge < -0.3 is 10.4 Å². The second-order valence-corrected chi connectivity index (χ2v) is 4.40. The van der Waals surface area contributed by atoms with Gasteiger partial charge in [0.1, 0.15) is 6.04 Å². The average molecular weight is 256 g/mol. The SMILES string of the molecule is [2H]C([2H])([2H])C(=O)NC(CSCc1ccccc1)C(=O)O. The van der Waals surface area contributed by atoms with Gasteiger partial charge in [-0.3, -0.25) is 4.79 Å². The molecule has 0 aliphatic heterocycles. The number of carbonyl (C=O) groups is 2. The lowest BCUT2D eigenvalue weighted by Crippen LogP contribution is -2.41. The van der Waals surface area contributed by atoms with Crippen LogP contribution in [0.3, 0.4) is 0 Å². The van der Waals surface area contributed by atoms with Crippen molar-refractivity contribution in [2.24, 2.45) is 0 Å². The second kappa shape index (κ2) is 6.96. The zero-order valence-electron chi connectivity index (χ0n) is 12.1. The van der Waals surface area contributed by atoms with Gasteiger partial charge in [0.15, 0.2) is 0 Å². The minimum atomic E-state index is -2.84. The molecule has 1 atom stereocenters. The van der Waals surface area contributed by atoms with Gasteiger partial charge in [-0.15, -0.1) is 0 Å². The Morgan fingerprint density at radius 2 is 2.18 bits per heavy atom. The third-order valence-electron chi connectivity index (χ3n) is 2.00. The van der Waals surface area contributed by atoms with Crippen molar-refractivity contribution in [2.75, 3.05) is 5.75 Å². The lowest BCUT2D eigenvalue weighted by molar-refractivity contribution is -0.140. The minimum absolute atomic E-state index is 0.103. The van der Waals surface area contributed by atoms with E-state index in [0.29, 0.717) is 5.75 Å². The van der Waals surface area contributed by atoms with E-state index in [1.165, 1.54) is 11.8 Å². The van der Waals surface area contributed by atoms with E-state index in [-0.39, 0.29) is 5.75 Å². The molecule has 2 N–H and O–H groups in total. The van der Waals surface area contributed by atoms with Crippen LogP contribution >= 0.6 is 11.8 Å².